The molecule has 2 aromatic carbocycles. The van der Waals surface area contributed by atoms with Crippen molar-refractivity contribution in [3.63, 3.8) is 0 Å². The minimum absolute atomic E-state index is 0.00579. The van der Waals surface area contributed by atoms with E-state index in [1.54, 1.807) is 24.3 Å². The van der Waals surface area contributed by atoms with E-state index in [-0.39, 0.29) is 16.4 Å². The van der Waals surface area contributed by atoms with Crippen LogP contribution in [0.25, 0.3) is 0 Å². The molecule has 2 saturated heterocycles. The summed E-state index contributed by atoms with van der Waals surface area (Å²) in [7, 11) is 0. The molecule has 11 nitrogen and oxygen atoms in total. The lowest BCUT2D eigenvalue weighted by molar-refractivity contribution is -0.384. The summed E-state index contributed by atoms with van der Waals surface area (Å²) in [5.74, 6) is -0.438. The first kappa shape index (κ1) is 29.2. The number of ether oxygens (including phenoxy) is 2. The first-order chi connectivity index (χ1) is 19.3. The van der Waals surface area contributed by atoms with Gasteiger partial charge in [0, 0.05) is 43.5 Å². The van der Waals surface area contributed by atoms with E-state index in [0.29, 0.717) is 62.2 Å². The molecule has 40 heavy (non-hydrogen) atoms. The Morgan fingerprint density at radius 2 is 1.75 bits per heavy atom. The second kappa shape index (κ2) is 13.5. The van der Waals surface area contributed by atoms with Gasteiger partial charge in [0.15, 0.2) is 5.11 Å². The van der Waals surface area contributed by atoms with Gasteiger partial charge >= 0.3 is 5.97 Å². The lowest BCUT2D eigenvalue weighted by atomic mass is 9.98. The van der Waals surface area contributed by atoms with E-state index in [1.807, 2.05) is 17.9 Å². The van der Waals surface area contributed by atoms with Crippen molar-refractivity contribution in [2.24, 2.45) is 5.92 Å². The van der Waals surface area contributed by atoms with Gasteiger partial charge in [-0.2, -0.15) is 0 Å². The number of carbonyl (C=O) groups excluding carboxylic acids is 2. The van der Waals surface area contributed by atoms with Gasteiger partial charge < -0.3 is 24.6 Å². The predicted molar refractivity (Wildman–Crippen MR) is 157 cm³/mol. The smallest absolute Gasteiger partial charge is 0.340 e. The lowest BCUT2D eigenvalue weighted by Gasteiger charge is -2.31. The molecule has 2 fully saturated rings. The molecular formula is C28H35N5O6S. The fourth-order valence-electron chi connectivity index (χ4n) is 4.80. The topological polar surface area (TPSA) is 126 Å². The summed E-state index contributed by atoms with van der Waals surface area (Å²) in [5, 5.41) is 17.3. The number of piperidine rings is 1. The number of hydrogen-bond acceptors (Lipinski definition) is 9. The monoisotopic (exact) mass is 569 g/mol. The van der Waals surface area contributed by atoms with Gasteiger partial charge in [0.05, 0.1) is 36.0 Å². The lowest BCUT2D eigenvalue weighted by Crippen LogP contribution is -2.37. The maximum Gasteiger partial charge on any atom is 0.340 e. The Bertz CT molecular complexity index is 1260. The van der Waals surface area contributed by atoms with Crippen LogP contribution in [0, 0.1) is 16.0 Å². The fraction of sp³-hybridized carbons (Fsp3) is 0.464. The average Bonchev–Trinajstić information content (AvgIpc) is 2.96. The average molecular weight is 570 g/mol. The number of carbonyl (C=O) groups is 2. The van der Waals surface area contributed by atoms with Crippen LogP contribution in [0.1, 0.15) is 53.8 Å². The van der Waals surface area contributed by atoms with Gasteiger partial charge in [-0.1, -0.05) is 13.8 Å². The Balaban J connectivity index is 1.47. The number of esters is 1. The van der Waals surface area contributed by atoms with Crippen LogP contribution in [-0.4, -0.2) is 67.9 Å². The van der Waals surface area contributed by atoms with Crippen molar-refractivity contribution in [1.82, 2.24) is 5.32 Å². The molecule has 0 atom stereocenters. The van der Waals surface area contributed by atoms with E-state index in [9.17, 15) is 19.7 Å². The number of anilines is 3. The van der Waals surface area contributed by atoms with Gasteiger partial charge in [-0.15, -0.1) is 0 Å². The first-order valence-electron chi connectivity index (χ1n) is 13.6. The number of nitrogens with zero attached hydrogens (tertiary/aromatic N) is 3. The van der Waals surface area contributed by atoms with Gasteiger partial charge in [-0.25, -0.2) is 4.79 Å². The molecule has 2 aliphatic heterocycles. The summed E-state index contributed by atoms with van der Waals surface area (Å²) in [5.41, 5.74) is 2.13. The number of nitrogens with one attached hydrogen (secondary N) is 2. The van der Waals surface area contributed by atoms with Crippen LogP contribution in [0.2, 0.25) is 0 Å². The Morgan fingerprint density at radius 1 is 1.07 bits per heavy atom. The maximum atomic E-state index is 12.9. The van der Waals surface area contributed by atoms with Crippen molar-refractivity contribution in [3.05, 3.63) is 57.6 Å². The Hall–Kier alpha value is -3.77. The largest absolute Gasteiger partial charge is 0.462 e. The summed E-state index contributed by atoms with van der Waals surface area (Å²) in [4.78, 5) is 41.2. The van der Waals surface area contributed by atoms with Crippen molar-refractivity contribution < 1.29 is 24.0 Å². The van der Waals surface area contributed by atoms with E-state index in [0.717, 1.165) is 31.6 Å². The van der Waals surface area contributed by atoms with Gasteiger partial charge in [-0.3, -0.25) is 20.2 Å². The van der Waals surface area contributed by atoms with Crippen LogP contribution in [0.4, 0.5) is 22.7 Å². The van der Waals surface area contributed by atoms with Crippen LogP contribution in [0.5, 0.6) is 0 Å². The number of hydrogen-bond donors (Lipinski definition) is 2. The van der Waals surface area contributed by atoms with E-state index in [1.165, 1.54) is 6.07 Å². The number of nitro groups is 1. The van der Waals surface area contributed by atoms with Crippen LogP contribution >= 0.6 is 12.2 Å². The molecule has 12 heteroatoms. The van der Waals surface area contributed by atoms with Crippen LogP contribution in [0.3, 0.4) is 0 Å². The van der Waals surface area contributed by atoms with Crippen molar-refractivity contribution in [3.8, 4) is 0 Å². The highest BCUT2D eigenvalue weighted by Gasteiger charge is 2.25. The summed E-state index contributed by atoms with van der Waals surface area (Å²) < 4.78 is 10.8. The summed E-state index contributed by atoms with van der Waals surface area (Å²) in [6, 6.07) is 9.68. The molecule has 4 rings (SSSR count). The molecule has 2 N–H and O–H groups in total. The summed E-state index contributed by atoms with van der Waals surface area (Å²) in [6.07, 6.45) is 2.62. The molecule has 0 unspecified atom stereocenters. The van der Waals surface area contributed by atoms with Crippen LogP contribution in [-0.2, 0) is 9.47 Å². The van der Waals surface area contributed by atoms with Crippen molar-refractivity contribution in [2.45, 2.75) is 33.1 Å². The third-order valence-corrected chi connectivity index (χ3v) is 7.25. The van der Waals surface area contributed by atoms with Crippen molar-refractivity contribution in [2.75, 3.05) is 61.1 Å². The summed E-state index contributed by atoms with van der Waals surface area (Å²) in [6.45, 7) is 8.30. The molecule has 0 bridgehead atoms. The van der Waals surface area contributed by atoms with Crippen molar-refractivity contribution >= 4 is 52.0 Å². The van der Waals surface area contributed by atoms with E-state index in [2.05, 4.69) is 22.5 Å². The SMILES string of the molecule is CCCOC(=O)c1cc(NC(=S)NC(=O)c2ccc(N3CCC(C)CC3)c([N+](=O)[O-])c2)ccc1N1CCOCC1. The molecule has 2 aliphatic rings. The van der Waals surface area contributed by atoms with Crippen molar-refractivity contribution in [1.29, 1.82) is 0 Å². The fourth-order valence-corrected chi connectivity index (χ4v) is 5.01. The number of morpholine rings is 1. The molecule has 214 valence electrons. The molecule has 0 aliphatic carbocycles. The van der Waals surface area contributed by atoms with Gasteiger partial charge in [0.2, 0.25) is 0 Å². The third-order valence-electron chi connectivity index (χ3n) is 7.05. The Morgan fingerprint density at radius 3 is 2.42 bits per heavy atom. The highest BCUT2D eigenvalue weighted by atomic mass is 32.1. The normalized spacial score (nSPS) is 15.8. The quantitative estimate of drug-likeness (QED) is 0.205. The molecule has 0 spiro atoms. The molecule has 0 aromatic heterocycles. The third kappa shape index (κ3) is 7.24. The highest BCUT2D eigenvalue weighted by molar-refractivity contribution is 7.80. The minimum atomic E-state index is -0.577. The van der Waals surface area contributed by atoms with E-state index in [4.69, 9.17) is 21.7 Å². The molecule has 2 aromatic rings. The van der Waals surface area contributed by atoms with E-state index >= 15 is 0 Å². The zero-order chi connectivity index (χ0) is 28.6. The van der Waals surface area contributed by atoms with E-state index < -0.39 is 16.8 Å². The highest BCUT2D eigenvalue weighted by Crippen LogP contribution is 2.32. The standard InChI is InChI=1S/C28H35N5O6S/c1-3-14-39-27(35)22-18-21(5-7-23(22)32-12-15-38-16-13-32)29-28(40)30-26(34)20-4-6-24(25(17-20)33(36)37)31-10-8-19(2)9-11-31/h4-7,17-19H,3,8-16H2,1-2H3,(H2,29,30,34,40). The molecule has 0 radical (unpaired) electrons. The predicted octanol–water partition coefficient (Wildman–Crippen LogP) is 4.36. The van der Waals surface area contributed by atoms with Gasteiger partial charge in [0.1, 0.15) is 5.69 Å². The second-order valence-electron chi connectivity index (χ2n) is 10.0. The zero-order valence-electron chi connectivity index (χ0n) is 22.8. The van der Waals surface area contributed by atoms with Crippen LogP contribution < -0.4 is 20.4 Å². The summed E-state index contributed by atoms with van der Waals surface area (Å²) >= 11 is 5.34. The zero-order valence-corrected chi connectivity index (χ0v) is 23.6. The number of nitro benzene ring substituents is 1. The van der Waals surface area contributed by atoms with Gasteiger partial charge in [0.25, 0.3) is 11.6 Å². The number of amides is 1. The number of benzene rings is 2. The molecule has 1 amide bonds. The minimum Gasteiger partial charge on any atom is -0.462 e. The van der Waals surface area contributed by atoms with Crippen LogP contribution in [0.15, 0.2) is 36.4 Å². The molecule has 2 heterocycles. The number of thiocarbonyl (C=S) groups is 1. The first-order valence-corrected chi connectivity index (χ1v) is 14.0. The number of rotatable bonds is 8. The Labute approximate surface area is 238 Å². The van der Waals surface area contributed by atoms with Gasteiger partial charge in [-0.05, 0) is 67.7 Å². The second-order valence-corrected chi connectivity index (χ2v) is 10.4. The maximum absolute atomic E-state index is 12.9. The molecular weight excluding hydrogens is 534 g/mol. The molecule has 0 saturated carbocycles. The Kier molecular flexibility index (Phi) is 9.88.